The fourth-order valence-electron chi connectivity index (χ4n) is 3.99. The Labute approximate surface area is 194 Å². The van der Waals surface area contributed by atoms with Gasteiger partial charge in [-0.3, -0.25) is 14.3 Å². The number of aldehydes is 1. The molecule has 34 heavy (non-hydrogen) atoms. The number of nitrogens with two attached hydrogens (primary N) is 1. The van der Waals surface area contributed by atoms with Crippen LogP contribution in [0.4, 0.5) is 0 Å². The highest BCUT2D eigenvalue weighted by Gasteiger charge is 2.22. The number of aryl methyl sites for hydroxylation is 1. The summed E-state index contributed by atoms with van der Waals surface area (Å²) in [6.07, 6.45) is 9.74. The van der Waals surface area contributed by atoms with E-state index in [-0.39, 0.29) is 11.5 Å². The molecule has 0 spiro atoms. The van der Waals surface area contributed by atoms with Crippen molar-refractivity contribution in [1.29, 1.82) is 0 Å². The number of rotatable bonds is 6. The van der Waals surface area contributed by atoms with E-state index in [0.29, 0.717) is 23.2 Å². The second kappa shape index (κ2) is 8.07. The van der Waals surface area contributed by atoms with Gasteiger partial charge < -0.3 is 10.3 Å². The first-order valence-corrected chi connectivity index (χ1v) is 10.7. The summed E-state index contributed by atoms with van der Waals surface area (Å²) in [6, 6.07) is 6.61. The second-order valence-electron chi connectivity index (χ2n) is 8.30. The van der Waals surface area contributed by atoms with Gasteiger partial charge in [0.05, 0.1) is 40.7 Å². The van der Waals surface area contributed by atoms with Crippen LogP contribution in [0.25, 0.3) is 33.7 Å². The van der Waals surface area contributed by atoms with E-state index in [0.717, 1.165) is 28.0 Å². The Morgan fingerprint density at radius 2 is 1.94 bits per heavy atom. The van der Waals surface area contributed by atoms with Crippen molar-refractivity contribution >= 4 is 23.2 Å². The van der Waals surface area contributed by atoms with Gasteiger partial charge in [0.2, 0.25) is 5.91 Å². The number of pyridine rings is 1. The molecule has 2 N–H and O–H groups in total. The van der Waals surface area contributed by atoms with Gasteiger partial charge in [-0.2, -0.15) is 10.2 Å². The highest BCUT2D eigenvalue weighted by Crippen LogP contribution is 2.32. The lowest BCUT2D eigenvalue weighted by molar-refractivity contribution is 0.1000. The minimum Gasteiger partial charge on any atom is -0.366 e. The fourth-order valence-corrected chi connectivity index (χ4v) is 3.99. The van der Waals surface area contributed by atoms with E-state index in [4.69, 9.17) is 10.8 Å². The number of primary amides is 1. The van der Waals surface area contributed by atoms with Gasteiger partial charge in [0.15, 0.2) is 11.9 Å². The first-order chi connectivity index (χ1) is 16.4. The van der Waals surface area contributed by atoms with Gasteiger partial charge in [-0.15, -0.1) is 0 Å². The van der Waals surface area contributed by atoms with Crippen LogP contribution in [-0.2, 0) is 7.05 Å². The van der Waals surface area contributed by atoms with Crippen molar-refractivity contribution in [2.24, 2.45) is 12.8 Å². The van der Waals surface area contributed by atoms with Crippen molar-refractivity contribution in [3.8, 4) is 22.6 Å². The van der Waals surface area contributed by atoms with E-state index < -0.39 is 5.91 Å². The van der Waals surface area contributed by atoms with Gasteiger partial charge in [-0.05, 0) is 30.2 Å². The van der Waals surface area contributed by atoms with Crippen molar-refractivity contribution in [3.05, 3.63) is 72.2 Å². The zero-order valence-electron chi connectivity index (χ0n) is 18.9. The maximum atomic E-state index is 11.8. The Morgan fingerprint density at radius 1 is 1.12 bits per heavy atom. The van der Waals surface area contributed by atoms with Gasteiger partial charge >= 0.3 is 0 Å². The molecule has 0 saturated heterocycles. The van der Waals surface area contributed by atoms with E-state index in [1.165, 1.54) is 6.07 Å². The summed E-state index contributed by atoms with van der Waals surface area (Å²) < 4.78 is 5.30. The zero-order chi connectivity index (χ0) is 24.0. The first-order valence-electron chi connectivity index (χ1n) is 10.7. The lowest BCUT2D eigenvalue weighted by Gasteiger charge is -2.08. The minimum atomic E-state index is -0.604. The van der Waals surface area contributed by atoms with Crippen molar-refractivity contribution in [1.82, 2.24) is 34.1 Å². The average Bonchev–Trinajstić information content (AvgIpc) is 3.56. The zero-order valence-corrected chi connectivity index (χ0v) is 18.9. The number of imidazole rings is 1. The molecule has 5 aromatic rings. The van der Waals surface area contributed by atoms with Crippen LogP contribution >= 0.6 is 0 Å². The quantitative estimate of drug-likeness (QED) is 0.393. The third-order valence-electron chi connectivity index (χ3n) is 5.65. The molecule has 0 aliphatic carbocycles. The summed E-state index contributed by atoms with van der Waals surface area (Å²) in [5.41, 5.74) is 10.4. The van der Waals surface area contributed by atoms with Crippen LogP contribution in [0.3, 0.4) is 0 Å². The lowest BCUT2D eigenvalue weighted by atomic mass is 10.1. The standard InChI is InChI=1S/C24H22N8O2/c1-14(2)22-21-20(31-11-18(27-13-31)17-9-28-30(3)10-17)6-7-26-24(21)32(29-22)19-5-4-15(23(25)34)8-16(19)12-33/h4-14H,1-3H3,(H2,25,34). The third-order valence-corrected chi connectivity index (χ3v) is 5.65. The van der Waals surface area contributed by atoms with Crippen molar-refractivity contribution in [2.75, 3.05) is 0 Å². The number of benzene rings is 1. The Bertz CT molecular complexity index is 1560. The van der Waals surface area contributed by atoms with Gasteiger partial charge in [0.1, 0.15) is 0 Å². The molecule has 0 radical (unpaired) electrons. The van der Waals surface area contributed by atoms with E-state index in [1.807, 2.05) is 30.1 Å². The van der Waals surface area contributed by atoms with Crippen LogP contribution in [0.5, 0.6) is 0 Å². The number of hydrogen-bond acceptors (Lipinski definition) is 6. The predicted molar refractivity (Wildman–Crippen MR) is 126 cm³/mol. The minimum absolute atomic E-state index is 0.0811. The van der Waals surface area contributed by atoms with Gasteiger partial charge in [0, 0.05) is 42.3 Å². The molecule has 1 aromatic carbocycles. The molecule has 0 saturated carbocycles. The molecule has 4 heterocycles. The molecule has 0 atom stereocenters. The second-order valence-corrected chi connectivity index (χ2v) is 8.30. The van der Waals surface area contributed by atoms with Crippen LogP contribution < -0.4 is 5.73 Å². The average molecular weight is 454 g/mol. The predicted octanol–water partition coefficient (Wildman–Crippen LogP) is 3.04. The Morgan fingerprint density at radius 3 is 2.62 bits per heavy atom. The number of fused-ring (bicyclic) bond motifs is 1. The molecule has 4 aromatic heterocycles. The van der Waals surface area contributed by atoms with Crippen molar-refractivity contribution < 1.29 is 9.59 Å². The van der Waals surface area contributed by atoms with Crippen LogP contribution in [0.2, 0.25) is 0 Å². The van der Waals surface area contributed by atoms with E-state index in [9.17, 15) is 9.59 Å². The largest absolute Gasteiger partial charge is 0.366 e. The number of hydrogen-bond donors (Lipinski definition) is 1. The summed E-state index contributed by atoms with van der Waals surface area (Å²) in [7, 11) is 1.86. The molecule has 0 unspecified atom stereocenters. The fraction of sp³-hybridized carbons (Fsp3) is 0.167. The first kappa shape index (κ1) is 21.3. The Hall–Kier alpha value is -4.60. The molecule has 0 aliphatic heterocycles. The molecular formula is C24H22N8O2. The van der Waals surface area contributed by atoms with Crippen LogP contribution in [0.1, 0.15) is 46.2 Å². The summed E-state index contributed by atoms with van der Waals surface area (Å²) in [6.45, 7) is 4.10. The lowest BCUT2D eigenvalue weighted by Crippen LogP contribution is -2.12. The monoisotopic (exact) mass is 454 g/mol. The van der Waals surface area contributed by atoms with Crippen molar-refractivity contribution in [3.63, 3.8) is 0 Å². The van der Waals surface area contributed by atoms with Gasteiger partial charge in [0.25, 0.3) is 0 Å². The van der Waals surface area contributed by atoms with E-state index >= 15 is 0 Å². The normalized spacial score (nSPS) is 11.4. The van der Waals surface area contributed by atoms with E-state index in [1.54, 1.807) is 40.2 Å². The van der Waals surface area contributed by atoms with Crippen LogP contribution in [0.15, 0.2) is 55.4 Å². The molecule has 0 aliphatic rings. The molecule has 170 valence electrons. The summed E-state index contributed by atoms with van der Waals surface area (Å²) in [5.74, 6) is -0.523. The molecule has 5 rings (SSSR count). The molecule has 1 amide bonds. The molecule has 10 heteroatoms. The van der Waals surface area contributed by atoms with Gasteiger partial charge in [-0.1, -0.05) is 13.8 Å². The number of carbonyl (C=O) groups excluding carboxylic acids is 2. The topological polar surface area (TPSA) is 127 Å². The molecule has 0 fully saturated rings. The number of nitrogens with zero attached hydrogens (tertiary/aromatic N) is 7. The maximum Gasteiger partial charge on any atom is 0.248 e. The van der Waals surface area contributed by atoms with Crippen LogP contribution in [-0.4, -0.2) is 46.3 Å². The number of amides is 1. The third kappa shape index (κ3) is 3.45. The summed E-state index contributed by atoms with van der Waals surface area (Å²) in [5, 5.41) is 9.90. The summed E-state index contributed by atoms with van der Waals surface area (Å²) >= 11 is 0. The maximum absolute atomic E-state index is 11.8. The molecular weight excluding hydrogens is 432 g/mol. The number of carbonyl (C=O) groups is 2. The highest BCUT2D eigenvalue weighted by molar-refractivity contribution is 5.96. The molecule has 10 nitrogen and oxygen atoms in total. The SMILES string of the molecule is CC(C)c1nn(-c2ccc(C(N)=O)cc2C=O)c2nccc(-n3cnc(-c4cnn(C)c4)c3)c12. The van der Waals surface area contributed by atoms with Gasteiger partial charge in [-0.25, -0.2) is 14.6 Å². The van der Waals surface area contributed by atoms with Crippen molar-refractivity contribution in [2.45, 2.75) is 19.8 Å². The van der Waals surface area contributed by atoms with Crippen LogP contribution in [0, 0.1) is 0 Å². The Balaban J connectivity index is 1.72. The summed E-state index contributed by atoms with van der Waals surface area (Å²) in [4.78, 5) is 32.6. The number of aromatic nitrogens is 7. The van der Waals surface area contributed by atoms with E-state index in [2.05, 4.69) is 28.9 Å². The molecule has 0 bridgehead atoms. The highest BCUT2D eigenvalue weighted by atomic mass is 16.1. The smallest absolute Gasteiger partial charge is 0.248 e. The Kier molecular flexibility index (Phi) is 5.05.